The van der Waals surface area contributed by atoms with Crippen LogP contribution in [0.5, 0.6) is 11.5 Å². The van der Waals surface area contributed by atoms with E-state index in [1.807, 2.05) is 0 Å². The van der Waals surface area contributed by atoms with Gasteiger partial charge in [-0.25, -0.2) is 0 Å². The fourth-order valence-electron chi connectivity index (χ4n) is 2.04. The Hall–Kier alpha value is -2.01. The number of benzene rings is 1. The molecule has 98 valence electrons. The van der Waals surface area contributed by atoms with Gasteiger partial charge in [-0.3, -0.25) is 14.9 Å². The predicted octanol–water partition coefficient (Wildman–Crippen LogP) is 1.54. The molecule has 0 atom stereocenters. The fourth-order valence-corrected chi connectivity index (χ4v) is 2.31. The third-order valence-electron chi connectivity index (χ3n) is 2.86. The maximum Gasteiger partial charge on any atom is 0.254 e. The van der Waals surface area contributed by atoms with Crippen LogP contribution in [0, 0.1) is 0 Å². The minimum Gasteiger partial charge on any atom is -0.486 e. The van der Waals surface area contributed by atoms with Crippen molar-refractivity contribution in [2.45, 2.75) is 6.42 Å². The predicted molar refractivity (Wildman–Crippen MR) is 68.2 cm³/mol. The number of fused-ring (bicyclic) bond motifs is 1. The second-order valence-electron chi connectivity index (χ2n) is 4.25. The molecule has 6 heteroatoms. The summed E-state index contributed by atoms with van der Waals surface area (Å²) in [6.07, 6.45) is 1.72. The third-order valence-corrected chi connectivity index (χ3v) is 3.14. The second-order valence-corrected chi connectivity index (χ2v) is 4.66. The van der Waals surface area contributed by atoms with Crippen LogP contribution in [0.2, 0.25) is 5.02 Å². The van der Waals surface area contributed by atoms with E-state index in [-0.39, 0.29) is 18.2 Å². The van der Waals surface area contributed by atoms with Gasteiger partial charge in [0.05, 0.1) is 11.4 Å². The van der Waals surface area contributed by atoms with Crippen molar-refractivity contribution in [3.63, 3.8) is 0 Å². The Morgan fingerprint density at radius 3 is 2.74 bits per heavy atom. The zero-order chi connectivity index (χ0) is 13.4. The van der Waals surface area contributed by atoms with Crippen LogP contribution < -0.4 is 14.8 Å². The summed E-state index contributed by atoms with van der Waals surface area (Å²) in [7, 11) is 0. The normalized spacial score (nSPS) is 19.7. The summed E-state index contributed by atoms with van der Waals surface area (Å²) in [5, 5.41) is 2.65. The largest absolute Gasteiger partial charge is 0.486 e. The van der Waals surface area contributed by atoms with Gasteiger partial charge in [0, 0.05) is 5.57 Å². The molecule has 2 aliphatic heterocycles. The summed E-state index contributed by atoms with van der Waals surface area (Å²) in [6.45, 7) is 0.923. The highest BCUT2D eigenvalue weighted by Gasteiger charge is 2.24. The number of carbonyl (C=O) groups is 2. The lowest BCUT2D eigenvalue weighted by Crippen LogP contribution is -2.19. The summed E-state index contributed by atoms with van der Waals surface area (Å²) < 4.78 is 10.9. The Kier molecular flexibility index (Phi) is 2.91. The lowest BCUT2D eigenvalue weighted by molar-refractivity contribution is -0.124. The third kappa shape index (κ3) is 2.29. The van der Waals surface area contributed by atoms with E-state index >= 15 is 0 Å². The minimum atomic E-state index is -0.365. The Labute approximate surface area is 114 Å². The topological polar surface area (TPSA) is 64.6 Å². The van der Waals surface area contributed by atoms with Crippen LogP contribution in [0.15, 0.2) is 17.7 Å². The molecule has 5 nitrogen and oxygen atoms in total. The van der Waals surface area contributed by atoms with Crippen LogP contribution in [0.4, 0.5) is 0 Å². The van der Waals surface area contributed by atoms with Gasteiger partial charge in [-0.05, 0) is 23.8 Å². The first-order chi connectivity index (χ1) is 9.13. The van der Waals surface area contributed by atoms with E-state index in [2.05, 4.69) is 5.32 Å². The fraction of sp³-hybridized carbons (Fsp3) is 0.231. The lowest BCUT2D eigenvalue weighted by atomic mass is 10.1. The van der Waals surface area contributed by atoms with Gasteiger partial charge in [-0.15, -0.1) is 0 Å². The van der Waals surface area contributed by atoms with E-state index in [1.54, 1.807) is 18.2 Å². The lowest BCUT2D eigenvalue weighted by Gasteiger charge is -2.19. The molecule has 0 spiro atoms. The number of rotatable bonds is 1. The molecule has 0 saturated carbocycles. The summed E-state index contributed by atoms with van der Waals surface area (Å²) >= 11 is 6.10. The molecule has 19 heavy (non-hydrogen) atoms. The van der Waals surface area contributed by atoms with E-state index in [4.69, 9.17) is 21.1 Å². The molecule has 3 rings (SSSR count). The zero-order valence-electron chi connectivity index (χ0n) is 9.86. The molecule has 1 aromatic carbocycles. The SMILES string of the molecule is O=C1CC(=Cc2cc(Cl)c3c(c2)OCCO3)C(=O)N1. The Morgan fingerprint density at radius 2 is 2.00 bits per heavy atom. The van der Waals surface area contributed by atoms with Crippen molar-refractivity contribution < 1.29 is 19.1 Å². The van der Waals surface area contributed by atoms with E-state index < -0.39 is 0 Å². The molecule has 1 saturated heterocycles. The Morgan fingerprint density at radius 1 is 1.21 bits per heavy atom. The molecule has 1 aromatic rings. The second kappa shape index (κ2) is 4.59. The zero-order valence-corrected chi connectivity index (χ0v) is 10.6. The monoisotopic (exact) mass is 279 g/mol. The molecular formula is C13H10ClNO4. The molecule has 0 aromatic heterocycles. The molecule has 1 N–H and O–H groups in total. The van der Waals surface area contributed by atoms with Gasteiger partial charge in [-0.2, -0.15) is 0 Å². The average molecular weight is 280 g/mol. The molecule has 0 aliphatic carbocycles. The quantitative estimate of drug-likeness (QED) is 0.626. The van der Waals surface area contributed by atoms with Crippen LogP contribution in [-0.4, -0.2) is 25.0 Å². The summed E-state index contributed by atoms with van der Waals surface area (Å²) in [5.74, 6) is 0.410. The standard InChI is InChI=1S/C13H10ClNO4/c14-9-4-7(3-8-6-11(16)15-13(8)17)5-10-12(9)19-2-1-18-10/h3-5H,1-2,6H2,(H,15,16,17). The van der Waals surface area contributed by atoms with Crippen molar-refractivity contribution in [2.75, 3.05) is 13.2 Å². The molecule has 2 heterocycles. The van der Waals surface area contributed by atoms with Crippen LogP contribution in [-0.2, 0) is 9.59 Å². The van der Waals surface area contributed by atoms with Crippen molar-refractivity contribution >= 4 is 29.5 Å². The van der Waals surface area contributed by atoms with Crippen molar-refractivity contribution in [3.8, 4) is 11.5 Å². The highest BCUT2D eigenvalue weighted by Crippen LogP contribution is 2.38. The number of hydrogen-bond acceptors (Lipinski definition) is 4. The Bertz CT molecular complexity index is 609. The molecular weight excluding hydrogens is 270 g/mol. The average Bonchev–Trinajstić information content (AvgIpc) is 2.68. The number of nitrogens with one attached hydrogen (secondary N) is 1. The number of ether oxygens (including phenoxy) is 2. The highest BCUT2D eigenvalue weighted by atomic mass is 35.5. The molecule has 1 fully saturated rings. The first kappa shape index (κ1) is 12.0. The van der Waals surface area contributed by atoms with Crippen molar-refractivity contribution in [1.29, 1.82) is 0 Å². The smallest absolute Gasteiger partial charge is 0.254 e. The van der Waals surface area contributed by atoms with Crippen LogP contribution in [0.3, 0.4) is 0 Å². The number of carbonyl (C=O) groups excluding carboxylic acids is 2. The van der Waals surface area contributed by atoms with E-state index in [0.29, 0.717) is 40.9 Å². The van der Waals surface area contributed by atoms with E-state index in [0.717, 1.165) is 0 Å². The summed E-state index contributed by atoms with van der Waals surface area (Å²) in [5.41, 5.74) is 1.12. The van der Waals surface area contributed by atoms with Gasteiger partial charge < -0.3 is 9.47 Å². The van der Waals surface area contributed by atoms with Crippen molar-refractivity contribution in [2.24, 2.45) is 0 Å². The number of hydrogen-bond donors (Lipinski definition) is 1. The molecule has 2 aliphatic rings. The maximum absolute atomic E-state index is 11.5. The Balaban J connectivity index is 1.98. The maximum atomic E-state index is 11.5. The first-order valence-corrected chi connectivity index (χ1v) is 6.15. The van der Waals surface area contributed by atoms with Crippen LogP contribution in [0.25, 0.3) is 6.08 Å². The van der Waals surface area contributed by atoms with Crippen molar-refractivity contribution in [3.05, 3.63) is 28.3 Å². The van der Waals surface area contributed by atoms with Gasteiger partial charge in [0.15, 0.2) is 11.5 Å². The van der Waals surface area contributed by atoms with Crippen molar-refractivity contribution in [1.82, 2.24) is 5.32 Å². The highest BCUT2D eigenvalue weighted by molar-refractivity contribution is 6.32. The van der Waals surface area contributed by atoms with Gasteiger partial charge in [0.1, 0.15) is 13.2 Å². The van der Waals surface area contributed by atoms with E-state index in [9.17, 15) is 9.59 Å². The van der Waals surface area contributed by atoms with Crippen LogP contribution in [0.1, 0.15) is 12.0 Å². The first-order valence-electron chi connectivity index (χ1n) is 5.77. The number of imide groups is 1. The molecule has 0 unspecified atom stereocenters. The minimum absolute atomic E-state index is 0.0882. The molecule has 2 amide bonds. The molecule has 0 bridgehead atoms. The van der Waals surface area contributed by atoms with Gasteiger partial charge >= 0.3 is 0 Å². The molecule has 0 radical (unpaired) electrons. The van der Waals surface area contributed by atoms with Gasteiger partial charge in [-0.1, -0.05) is 11.6 Å². The van der Waals surface area contributed by atoms with Crippen LogP contribution >= 0.6 is 11.6 Å². The summed E-state index contributed by atoms with van der Waals surface area (Å²) in [6, 6.07) is 3.42. The van der Waals surface area contributed by atoms with Gasteiger partial charge in [0.2, 0.25) is 5.91 Å². The number of amides is 2. The van der Waals surface area contributed by atoms with Gasteiger partial charge in [0.25, 0.3) is 5.91 Å². The number of halogens is 1. The summed E-state index contributed by atoms with van der Waals surface area (Å²) in [4.78, 5) is 22.6. The van der Waals surface area contributed by atoms with E-state index in [1.165, 1.54) is 0 Å².